The summed E-state index contributed by atoms with van der Waals surface area (Å²) in [5.74, 6) is 0.678. The predicted octanol–water partition coefficient (Wildman–Crippen LogP) is 2.43. The van der Waals surface area contributed by atoms with Crippen LogP contribution in [0, 0.1) is 0 Å². The Balaban J connectivity index is 1.32. The molecule has 1 amide bonds. The molecule has 12 heteroatoms. The summed E-state index contributed by atoms with van der Waals surface area (Å²) in [5, 5.41) is 5.03. The van der Waals surface area contributed by atoms with Crippen LogP contribution >= 0.6 is 23.5 Å². The number of hydrogen-bond donors (Lipinski definition) is 1. The lowest BCUT2D eigenvalue weighted by molar-refractivity contribution is 0.134. The zero-order chi connectivity index (χ0) is 23.4. The molecule has 0 saturated carbocycles. The number of carbonyl (C=O) groups excluding carboxylic acids is 1. The largest absolute Gasteiger partial charge is 0.368 e. The maximum Gasteiger partial charge on any atom is 0.344 e. The Morgan fingerprint density at radius 2 is 1.85 bits per heavy atom. The SMILES string of the molecule is CSNc1ccn(C(=O)N2CCN(Cc3ccc(Cl)c(N4CCN(S(C)=O)CC4)c3)CC2)n1. The van der Waals surface area contributed by atoms with Crippen molar-refractivity contribution in [2.75, 3.05) is 74.5 Å². The van der Waals surface area contributed by atoms with Crippen LogP contribution in [-0.4, -0.2) is 99.0 Å². The molecule has 1 aromatic carbocycles. The third-order valence-corrected chi connectivity index (χ3v) is 7.82. The van der Waals surface area contributed by atoms with Crippen molar-refractivity contribution < 1.29 is 9.00 Å². The van der Waals surface area contributed by atoms with Crippen LogP contribution in [-0.2, 0) is 17.5 Å². The molecular formula is C21H30ClN7O2S2. The second-order valence-corrected chi connectivity index (χ2v) is 10.5. The second-order valence-electron chi connectivity index (χ2n) is 8.12. The monoisotopic (exact) mass is 511 g/mol. The highest BCUT2D eigenvalue weighted by molar-refractivity contribution is 7.99. The Morgan fingerprint density at radius 3 is 2.52 bits per heavy atom. The van der Waals surface area contributed by atoms with Gasteiger partial charge in [0, 0.05) is 83.7 Å². The summed E-state index contributed by atoms with van der Waals surface area (Å²) in [6, 6.07) is 7.91. The summed E-state index contributed by atoms with van der Waals surface area (Å²) in [5.41, 5.74) is 2.24. The molecule has 180 valence electrons. The number of aromatic nitrogens is 2. The van der Waals surface area contributed by atoms with Crippen molar-refractivity contribution in [3.8, 4) is 0 Å². The van der Waals surface area contributed by atoms with E-state index in [0.29, 0.717) is 18.9 Å². The second kappa shape index (κ2) is 11.1. The van der Waals surface area contributed by atoms with Gasteiger partial charge in [0.25, 0.3) is 0 Å². The fraction of sp³-hybridized carbons (Fsp3) is 0.524. The van der Waals surface area contributed by atoms with Gasteiger partial charge in [-0.2, -0.15) is 4.68 Å². The van der Waals surface area contributed by atoms with Crippen LogP contribution in [0.5, 0.6) is 0 Å². The lowest BCUT2D eigenvalue weighted by atomic mass is 10.1. The summed E-state index contributed by atoms with van der Waals surface area (Å²) in [4.78, 5) is 19.2. The van der Waals surface area contributed by atoms with Gasteiger partial charge in [0.15, 0.2) is 5.82 Å². The molecule has 1 unspecified atom stereocenters. The summed E-state index contributed by atoms with van der Waals surface area (Å²) in [6.45, 7) is 6.92. The molecule has 0 bridgehead atoms. The van der Waals surface area contributed by atoms with Crippen LogP contribution in [0.15, 0.2) is 30.5 Å². The van der Waals surface area contributed by atoms with E-state index in [1.54, 1.807) is 18.5 Å². The minimum absolute atomic E-state index is 0.0928. The highest BCUT2D eigenvalue weighted by atomic mass is 35.5. The van der Waals surface area contributed by atoms with Crippen LogP contribution in [0.25, 0.3) is 0 Å². The maximum atomic E-state index is 12.7. The molecule has 0 aliphatic carbocycles. The molecule has 3 heterocycles. The van der Waals surface area contributed by atoms with Crippen molar-refractivity contribution in [3.05, 3.63) is 41.0 Å². The van der Waals surface area contributed by atoms with E-state index in [0.717, 1.165) is 56.5 Å². The highest BCUT2D eigenvalue weighted by Crippen LogP contribution is 2.29. The molecule has 1 aromatic heterocycles. The fourth-order valence-electron chi connectivity index (χ4n) is 4.17. The molecule has 1 atom stereocenters. The van der Waals surface area contributed by atoms with Crippen LogP contribution in [0.1, 0.15) is 5.56 Å². The first-order valence-electron chi connectivity index (χ1n) is 10.9. The average molecular weight is 512 g/mol. The number of nitrogens with one attached hydrogen (secondary N) is 1. The van der Waals surface area contributed by atoms with E-state index in [-0.39, 0.29) is 6.03 Å². The number of amides is 1. The number of nitrogens with zero attached hydrogens (tertiary/aromatic N) is 6. The zero-order valence-electron chi connectivity index (χ0n) is 18.9. The Bertz CT molecular complexity index is 989. The molecule has 2 aromatic rings. The summed E-state index contributed by atoms with van der Waals surface area (Å²) in [6.07, 6.45) is 5.34. The van der Waals surface area contributed by atoms with E-state index in [2.05, 4.69) is 31.8 Å². The normalized spacial score (nSPS) is 19.0. The summed E-state index contributed by atoms with van der Waals surface area (Å²) < 4.78 is 18.1. The van der Waals surface area contributed by atoms with Crippen molar-refractivity contribution >= 4 is 52.1 Å². The van der Waals surface area contributed by atoms with E-state index in [9.17, 15) is 9.00 Å². The third-order valence-electron chi connectivity index (χ3n) is 5.99. The Morgan fingerprint density at radius 1 is 1.12 bits per heavy atom. The van der Waals surface area contributed by atoms with E-state index < -0.39 is 11.0 Å². The zero-order valence-corrected chi connectivity index (χ0v) is 21.3. The maximum absolute atomic E-state index is 12.7. The molecule has 2 saturated heterocycles. The summed E-state index contributed by atoms with van der Waals surface area (Å²) >= 11 is 7.96. The highest BCUT2D eigenvalue weighted by Gasteiger charge is 2.24. The molecule has 0 radical (unpaired) electrons. The molecule has 33 heavy (non-hydrogen) atoms. The van der Waals surface area contributed by atoms with Gasteiger partial charge in [-0.3, -0.25) is 4.90 Å². The first-order chi connectivity index (χ1) is 15.9. The van der Waals surface area contributed by atoms with E-state index in [1.807, 2.05) is 21.5 Å². The molecule has 9 nitrogen and oxygen atoms in total. The quantitative estimate of drug-likeness (QED) is 0.597. The minimum Gasteiger partial charge on any atom is -0.368 e. The smallest absolute Gasteiger partial charge is 0.344 e. The van der Waals surface area contributed by atoms with Crippen LogP contribution in [0.4, 0.5) is 16.3 Å². The van der Waals surface area contributed by atoms with Gasteiger partial charge in [-0.25, -0.2) is 13.3 Å². The van der Waals surface area contributed by atoms with Gasteiger partial charge in [0.05, 0.1) is 21.7 Å². The van der Waals surface area contributed by atoms with Crippen molar-refractivity contribution in [2.24, 2.45) is 0 Å². The molecule has 0 spiro atoms. The van der Waals surface area contributed by atoms with Gasteiger partial charge in [0.1, 0.15) is 0 Å². The Labute approximate surface area is 206 Å². The van der Waals surface area contributed by atoms with E-state index in [1.165, 1.54) is 22.2 Å². The first kappa shape index (κ1) is 24.3. The topological polar surface area (TPSA) is 77.0 Å². The van der Waals surface area contributed by atoms with Crippen LogP contribution in [0.2, 0.25) is 5.02 Å². The van der Waals surface area contributed by atoms with Crippen molar-refractivity contribution in [1.29, 1.82) is 0 Å². The third kappa shape index (κ3) is 6.02. The van der Waals surface area contributed by atoms with Gasteiger partial charge in [-0.1, -0.05) is 29.6 Å². The number of piperazine rings is 2. The minimum atomic E-state index is -0.927. The number of benzene rings is 1. The lowest BCUT2D eigenvalue weighted by Gasteiger charge is -2.36. The Hall–Kier alpha value is -1.79. The van der Waals surface area contributed by atoms with Crippen molar-refractivity contribution in [1.82, 2.24) is 23.9 Å². The first-order valence-corrected chi connectivity index (χ1v) is 14.0. The molecule has 1 N–H and O–H groups in total. The number of hydrogen-bond acceptors (Lipinski definition) is 7. The van der Waals surface area contributed by atoms with Crippen molar-refractivity contribution in [2.45, 2.75) is 6.54 Å². The van der Waals surface area contributed by atoms with E-state index in [4.69, 9.17) is 11.6 Å². The van der Waals surface area contributed by atoms with E-state index >= 15 is 0 Å². The molecule has 4 rings (SSSR count). The average Bonchev–Trinajstić information content (AvgIpc) is 3.29. The standard InChI is InChI=1S/C21H30ClN7O2S2/c1-32-24-20-5-6-29(23-20)21(30)27-9-7-25(8-10-27)16-17-3-4-18(22)19(15-17)26-11-13-28(14-12-26)33(2)31/h3-6,15H,7-14,16H2,1-2H3,(H,23,24). The number of carbonyl (C=O) groups is 1. The van der Waals surface area contributed by atoms with Crippen LogP contribution in [0.3, 0.4) is 0 Å². The summed E-state index contributed by atoms with van der Waals surface area (Å²) in [7, 11) is -0.927. The lowest BCUT2D eigenvalue weighted by Crippen LogP contribution is -2.49. The van der Waals surface area contributed by atoms with Gasteiger partial charge < -0.3 is 14.5 Å². The molecule has 2 aliphatic heterocycles. The van der Waals surface area contributed by atoms with Crippen LogP contribution < -0.4 is 9.62 Å². The fourth-order valence-corrected chi connectivity index (χ4v) is 5.41. The number of rotatable bonds is 6. The van der Waals surface area contributed by atoms with Gasteiger partial charge >= 0.3 is 6.03 Å². The number of anilines is 2. The van der Waals surface area contributed by atoms with Gasteiger partial charge in [-0.05, 0) is 17.7 Å². The van der Waals surface area contributed by atoms with Gasteiger partial charge in [-0.15, -0.1) is 5.10 Å². The van der Waals surface area contributed by atoms with Gasteiger partial charge in [0.2, 0.25) is 0 Å². The molecule has 2 aliphatic rings. The van der Waals surface area contributed by atoms with Crippen molar-refractivity contribution in [3.63, 3.8) is 0 Å². The molecular weight excluding hydrogens is 482 g/mol. The number of halogens is 1. The predicted molar refractivity (Wildman–Crippen MR) is 136 cm³/mol. The molecule has 2 fully saturated rings. The Kier molecular flexibility index (Phi) is 8.18.